The van der Waals surface area contributed by atoms with Crippen molar-refractivity contribution in [1.29, 1.82) is 0 Å². The maximum Gasteiger partial charge on any atom is 0.0414 e. The molecule has 1 aromatic carbocycles. The lowest BCUT2D eigenvalue weighted by molar-refractivity contribution is 0.139. The molecule has 1 aromatic rings. The zero-order chi connectivity index (χ0) is 12.6. The quantitative estimate of drug-likeness (QED) is 0.865. The Kier molecular flexibility index (Phi) is 3.06. The van der Waals surface area contributed by atoms with E-state index in [1.54, 1.807) is 0 Å². The summed E-state index contributed by atoms with van der Waals surface area (Å²) in [4.78, 5) is 2.54. The molecule has 3 rings (SSSR count). The van der Waals surface area contributed by atoms with Gasteiger partial charge in [-0.05, 0) is 37.0 Å². The second-order valence-electron chi connectivity index (χ2n) is 6.19. The van der Waals surface area contributed by atoms with Crippen molar-refractivity contribution in [2.75, 3.05) is 18.0 Å². The van der Waals surface area contributed by atoms with Crippen LogP contribution in [0, 0.1) is 12.3 Å². The van der Waals surface area contributed by atoms with E-state index in [-0.39, 0.29) is 0 Å². The van der Waals surface area contributed by atoms with Gasteiger partial charge in [-0.2, -0.15) is 0 Å². The van der Waals surface area contributed by atoms with Gasteiger partial charge in [0.25, 0.3) is 0 Å². The summed E-state index contributed by atoms with van der Waals surface area (Å²) in [6, 6.07) is 6.57. The first-order valence-corrected chi connectivity index (χ1v) is 7.28. The standard InChI is InChI=1S/C16H24N2/c1-13-6-5-7-15(14(13)10-17)18-11-16(12-18)8-3-2-4-9-16/h5-7H,2-4,8-12,17H2,1H3. The largest absolute Gasteiger partial charge is 0.370 e. The Morgan fingerprint density at radius 3 is 2.56 bits per heavy atom. The third-order valence-corrected chi connectivity index (χ3v) is 4.90. The van der Waals surface area contributed by atoms with Crippen molar-refractivity contribution in [1.82, 2.24) is 0 Å². The number of nitrogens with zero attached hydrogens (tertiary/aromatic N) is 1. The summed E-state index contributed by atoms with van der Waals surface area (Å²) >= 11 is 0. The predicted octanol–water partition coefficient (Wildman–Crippen LogP) is 3.22. The SMILES string of the molecule is Cc1cccc(N2CC3(CCCCC3)C2)c1CN. The van der Waals surface area contributed by atoms with Gasteiger partial charge in [0.05, 0.1) is 0 Å². The third-order valence-electron chi connectivity index (χ3n) is 4.90. The number of hydrogen-bond acceptors (Lipinski definition) is 2. The zero-order valence-corrected chi connectivity index (χ0v) is 11.4. The summed E-state index contributed by atoms with van der Waals surface area (Å²) in [5, 5.41) is 0. The predicted molar refractivity (Wildman–Crippen MR) is 76.8 cm³/mol. The highest BCUT2D eigenvalue weighted by Crippen LogP contribution is 2.46. The normalized spacial score (nSPS) is 22.0. The molecule has 2 nitrogen and oxygen atoms in total. The second kappa shape index (κ2) is 4.58. The molecule has 1 saturated heterocycles. The smallest absolute Gasteiger partial charge is 0.0414 e. The zero-order valence-electron chi connectivity index (χ0n) is 11.4. The average Bonchev–Trinajstić information content (AvgIpc) is 2.36. The highest BCUT2D eigenvalue weighted by atomic mass is 15.2. The van der Waals surface area contributed by atoms with Crippen LogP contribution in [0.4, 0.5) is 5.69 Å². The van der Waals surface area contributed by atoms with E-state index in [0.717, 1.165) is 0 Å². The number of benzene rings is 1. The molecule has 0 unspecified atom stereocenters. The summed E-state index contributed by atoms with van der Waals surface area (Å²) in [6.45, 7) is 5.33. The molecule has 0 aromatic heterocycles. The van der Waals surface area contributed by atoms with E-state index in [0.29, 0.717) is 12.0 Å². The molecule has 1 aliphatic carbocycles. The first-order valence-electron chi connectivity index (χ1n) is 7.28. The lowest BCUT2D eigenvalue weighted by Crippen LogP contribution is -2.57. The third kappa shape index (κ3) is 1.93. The van der Waals surface area contributed by atoms with Crippen LogP contribution >= 0.6 is 0 Å². The van der Waals surface area contributed by atoms with Gasteiger partial charge in [-0.25, -0.2) is 0 Å². The molecule has 18 heavy (non-hydrogen) atoms. The first-order chi connectivity index (χ1) is 8.74. The number of rotatable bonds is 2. The molecule has 98 valence electrons. The Balaban J connectivity index is 1.76. The van der Waals surface area contributed by atoms with Crippen molar-refractivity contribution in [3.63, 3.8) is 0 Å². The molecule has 1 saturated carbocycles. The van der Waals surface area contributed by atoms with Crippen LogP contribution in [0.1, 0.15) is 43.2 Å². The lowest BCUT2D eigenvalue weighted by Gasteiger charge is -2.54. The van der Waals surface area contributed by atoms with E-state index in [9.17, 15) is 0 Å². The van der Waals surface area contributed by atoms with E-state index < -0.39 is 0 Å². The van der Waals surface area contributed by atoms with Crippen LogP contribution in [0.25, 0.3) is 0 Å². The molecule has 1 spiro atoms. The molecule has 1 aliphatic heterocycles. The van der Waals surface area contributed by atoms with Crippen LogP contribution in [0.15, 0.2) is 18.2 Å². The van der Waals surface area contributed by atoms with Crippen LogP contribution in [0.5, 0.6) is 0 Å². The molecule has 2 heteroatoms. The van der Waals surface area contributed by atoms with Crippen molar-refractivity contribution in [3.8, 4) is 0 Å². The fraction of sp³-hybridized carbons (Fsp3) is 0.625. The molecule has 1 heterocycles. The van der Waals surface area contributed by atoms with Gasteiger partial charge >= 0.3 is 0 Å². The topological polar surface area (TPSA) is 29.3 Å². The lowest BCUT2D eigenvalue weighted by atomic mass is 9.68. The fourth-order valence-corrected chi connectivity index (χ4v) is 3.80. The Hall–Kier alpha value is -1.02. The minimum Gasteiger partial charge on any atom is -0.370 e. The highest BCUT2D eigenvalue weighted by Gasteiger charge is 2.43. The molecule has 2 aliphatic rings. The van der Waals surface area contributed by atoms with Gasteiger partial charge in [-0.1, -0.05) is 31.4 Å². The van der Waals surface area contributed by atoms with Gasteiger partial charge in [0.1, 0.15) is 0 Å². The van der Waals surface area contributed by atoms with E-state index in [1.165, 1.54) is 62.0 Å². The second-order valence-corrected chi connectivity index (χ2v) is 6.19. The number of nitrogens with two attached hydrogens (primary N) is 1. The van der Waals surface area contributed by atoms with Gasteiger partial charge in [0.2, 0.25) is 0 Å². The van der Waals surface area contributed by atoms with E-state index in [2.05, 4.69) is 30.0 Å². The van der Waals surface area contributed by atoms with Crippen LogP contribution in [-0.4, -0.2) is 13.1 Å². The van der Waals surface area contributed by atoms with Crippen LogP contribution < -0.4 is 10.6 Å². The molecular formula is C16H24N2. The van der Waals surface area contributed by atoms with Gasteiger partial charge in [0, 0.05) is 30.7 Å². The molecular weight excluding hydrogens is 220 g/mol. The Morgan fingerprint density at radius 2 is 1.89 bits per heavy atom. The summed E-state index contributed by atoms with van der Waals surface area (Å²) in [5.74, 6) is 0. The van der Waals surface area contributed by atoms with Crippen molar-refractivity contribution in [3.05, 3.63) is 29.3 Å². The number of aryl methyl sites for hydroxylation is 1. The van der Waals surface area contributed by atoms with Crippen LogP contribution in [-0.2, 0) is 6.54 Å². The minimum absolute atomic E-state index is 0.647. The van der Waals surface area contributed by atoms with Crippen molar-refractivity contribution < 1.29 is 0 Å². The molecule has 2 N–H and O–H groups in total. The molecule has 0 radical (unpaired) electrons. The van der Waals surface area contributed by atoms with E-state index in [4.69, 9.17) is 5.73 Å². The minimum atomic E-state index is 0.647. The maximum absolute atomic E-state index is 5.91. The van der Waals surface area contributed by atoms with Crippen LogP contribution in [0.3, 0.4) is 0 Å². The maximum atomic E-state index is 5.91. The summed E-state index contributed by atoms with van der Waals surface area (Å²) < 4.78 is 0. The average molecular weight is 244 g/mol. The van der Waals surface area contributed by atoms with E-state index in [1.807, 2.05) is 0 Å². The highest BCUT2D eigenvalue weighted by molar-refractivity contribution is 5.59. The van der Waals surface area contributed by atoms with Crippen molar-refractivity contribution >= 4 is 5.69 Å². The van der Waals surface area contributed by atoms with Crippen LogP contribution in [0.2, 0.25) is 0 Å². The summed E-state index contributed by atoms with van der Waals surface area (Å²) in [7, 11) is 0. The van der Waals surface area contributed by atoms with Gasteiger partial charge in [-0.15, -0.1) is 0 Å². The Bertz CT molecular complexity index is 425. The number of anilines is 1. The monoisotopic (exact) mass is 244 g/mol. The summed E-state index contributed by atoms with van der Waals surface area (Å²) in [5.41, 5.74) is 10.6. The Labute approximate surface area is 110 Å². The van der Waals surface area contributed by atoms with Gasteiger partial charge in [-0.3, -0.25) is 0 Å². The van der Waals surface area contributed by atoms with Gasteiger partial charge in [0.15, 0.2) is 0 Å². The Morgan fingerprint density at radius 1 is 1.17 bits per heavy atom. The fourth-order valence-electron chi connectivity index (χ4n) is 3.80. The van der Waals surface area contributed by atoms with Gasteiger partial charge < -0.3 is 10.6 Å². The molecule has 2 fully saturated rings. The first kappa shape index (κ1) is 12.0. The molecule has 0 bridgehead atoms. The van der Waals surface area contributed by atoms with Crippen molar-refractivity contribution in [2.24, 2.45) is 11.1 Å². The van der Waals surface area contributed by atoms with Crippen molar-refractivity contribution in [2.45, 2.75) is 45.6 Å². The molecule has 0 atom stereocenters. The molecule has 0 amide bonds. The summed E-state index contributed by atoms with van der Waals surface area (Å²) in [6.07, 6.45) is 7.19. The van der Waals surface area contributed by atoms with E-state index >= 15 is 0 Å². The number of hydrogen-bond donors (Lipinski definition) is 1.